The van der Waals surface area contributed by atoms with E-state index in [9.17, 15) is 34.8 Å². The van der Waals surface area contributed by atoms with Crippen LogP contribution in [0.1, 0.15) is 17.5 Å². The van der Waals surface area contributed by atoms with Crippen molar-refractivity contribution in [1.29, 1.82) is 0 Å². The van der Waals surface area contributed by atoms with Crippen LogP contribution in [-0.2, 0) is 27.2 Å². The molecule has 3 rings (SSSR count). The lowest BCUT2D eigenvalue weighted by Crippen LogP contribution is -2.57. The van der Waals surface area contributed by atoms with Gasteiger partial charge < -0.3 is 53.6 Å². The van der Waals surface area contributed by atoms with Crippen LogP contribution in [0, 0.1) is 0 Å². The van der Waals surface area contributed by atoms with E-state index < -0.39 is 48.1 Å². The number of aliphatic hydroxyl groups excluding tert-OH is 2. The molecule has 0 fully saturated rings. The zero-order valence-corrected chi connectivity index (χ0v) is 21.3. The number of benzene rings is 2. The van der Waals surface area contributed by atoms with Gasteiger partial charge in [-0.2, -0.15) is 0 Å². The maximum atomic E-state index is 13.3. The summed E-state index contributed by atoms with van der Waals surface area (Å²) in [6.45, 7) is -0.459. The number of phenols is 2. The van der Waals surface area contributed by atoms with Crippen LogP contribution in [0.15, 0.2) is 36.4 Å². The van der Waals surface area contributed by atoms with E-state index in [0.717, 1.165) is 0 Å². The minimum absolute atomic E-state index is 0.0568. The number of nitrogens with two attached hydrogens (primary N) is 3. The summed E-state index contributed by atoms with van der Waals surface area (Å²) >= 11 is 0. The summed E-state index contributed by atoms with van der Waals surface area (Å²) in [6, 6.07) is 5.81. The number of fused-ring (bicyclic) bond motifs is 5. The van der Waals surface area contributed by atoms with Gasteiger partial charge in [-0.25, -0.2) is 0 Å². The smallest absolute Gasteiger partial charge is 0.243 e. The van der Waals surface area contributed by atoms with Crippen molar-refractivity contribution in [3.8, 4) is 22.6 Å². The Morgan fingerprint density at radius 3 is 2.03 bits per heavy atom. The maximum absolute atomic E-state index is 13.3. The predicted octanol–water partition coefficient (Wildman–Crippen LogP) is -2.69. The number of carbonyl (C=O) groups excluding carboxylic acids is 3. The molecule has 1 aliphatic heterocycles. The fourth-order valence-corrected chi connectivity index (χ4v) is 4.19. The zero-order chi connectivity index (χ0) is 28.7. The molecule has 13 N–H and O–H groups in total. The van der Waals surface area contributed by atoms with Gasteiger partial charge in [0.1, 0.15) is 23.6 Å². The molecule has 0 saturated heterocycles. The third kappa shape index (κ3) is 7.88. The van der Waals surface area contributed by atoms with Crippen molar-refractivity contribution >= 4 is 17.7 Å². The van der Waals surface area contributed by atoms with Crippen LogP contribution in [0.5, 0.6) is 11.5 Å². The number of carbonyl (C=O) groups is 3. The van der Waals surface area contributed by atoms with Crippen LogP contribution in [0.3, 0.4) is 0 Å². The van der Waals surface area contributed by atoms with Crippen molar-refractivity contribution in [2.45, 2.75) is 49.6 Å². The van der Waals surface area contributed by atoms with E-state index in [1.165, 1.54) is 12.1 Å². The van der Waals surface area contributed by atoms with E-state index in [1.807, 2.05) is 0 Å². The van der Waals surface area contributed by atoms with Gasteiger partial charge in [0.2, 0.25) is 17.7 Å². The summed E-state index contributed by atoms with van der Waals surface area (Å²) < 4.78 is 0. The van der Waals surface area contributed by atoms with Crippen molar-refractivity contribution in [3.05, 3.63) is 47.5 Å². The van der Waals surface area contributed by atoms with Gasteiger partial charge in [-0.05, 0) is 46.5 Å². The van der Waals surface area contributed by atoms with Crippen LogP contribution in [-0.4, -0.2) is 88.1 Å². The maximum Gasteiger partial charge on any atom is 0.243 e. The standard InChI is InChI=1S/C26H36N6O7/c27-10-17(33)9-21-26(39)32-20(25(38)30-12-18(34)11-28)8-16-6-14(2-4-23(16)36)13-1-3-22(35)15(5-13)7-19(29)24(37)31-21/h1-6,17-21,33-36H,7-12,27-29H2,(H,30,38)(H,31,37)(H,32,39)/t17-,18?,19+,20+,21+/m1/s1. The molecule has 13 nitrogen and oxygen atoms in total. The number of rotatable bonds is 7. The third-order valence-corrected chi connectivity index (χ3v) is 6.52. The van der Waals surface area contributed by atoms with Crippen molar-refractivity contribution in [1.82, 2.24) is 16.0 Å². The molecule has 0 aromatic heterocycles. The molecule has 0 radical (unpaired) electrons. The van der Waals surface area contributed by atoms with Crippen molar-refractivity contribution in [2.75, 3.05) is 19.6 Å². The van der Waals surface area contributed by atoms with E-state index in [1.54, 1.807) is 24.3 Å². The minimum Gasteiger partial charge on any atom is -0.508 e. The Labute approximate surface area is 225 Å². The Morgan fingerprint density at radius 2 is 1.46 bits per heavy atom. The number of nitrogens with one attached hydrogen (secondary N) is 3. The van der Waals surface area contributed by atoms with Gasteiger partial charge in [-0.15, -0.1) is 0 Å². The molecule has 39 heavy (non-hydrogen) atoms. The zero-order valence-electron chi connectivity index (χ0n) is 21.3. The molecule has 0 spiro atoms. The van der Waals surface area contributed by atoms with Crippen molar-refractivity contribution in [3.63, 3.8) is 0 Å². The lowest BCUT2D eigenvalue weighted by Gasteiger charge is -2.26. The summed E-state index contributed by atoms with van der Waals surface area (Å²) in [5.41, 5.74) is 19.0. The summed E-state index contributed by atoms with van der Waals surface area (Å²) in [7, 11) is 0. The minimum atomic E-state index is -1.31. The number of hydrogen-bond donors (Lipinski definition) is 10. The van der Waals surface area contributed by atoms with E-state index in [4.69, 9.17) is 17.2 Å². The van der Waals surface area contributed by atoms with Gasteiger partial charge in [0.25, 0.3) is 0 Å². The average molecular weight is 545 g/mol. The fraction of sp³-hybridized carbons (Fsp3) is 0.423. The molecule has 1 aliphatic rings. The number of aromatic hydroxyl groups is 2. The summed E-state index contributed by atoms with van der Waals surface area (Å²) in [4.78, 5) is 39.3. The predicted molar refractivity (Wildman–Crippen MR) is 142 cm³/mol. The average Bonchev–Trinajstić information content (AvgIpc) is 2.92. The molecule has 212 valence electrons. The lowest BCUT2D eigenvalue weighted by molar-refractivity contribution is -0.133. The molecule has 2 aromatic rings. The van der Waals surface area contributed by atoms with Crippen molar-refractivity contribution in [2.24, 2.45) is 17.2 Å². The number of hydrogen-bond acceptors (Lipinski definition) is 10. The highest BCUT2D eigenvalue weighted by molar-refractivity contribution is 5.93. The van der Waals surface area contributed by atoms with Crippen LogP contribution < -0.4 is 33.2 Å². The van der Waals surface area contributed by atoms with Crippen molar-refractivity contribution < 1.29 is 34.8 Å². The second kappa shape index (κ2) is 13.4. The monoisotopic (exact) mass is 544 g/mol. The SMILES string of the molecule is NCC(O)CNC(=O)[C@@H]1Cc2cc(ccc2O)-c2ccc(O)c(c2)C[C@H](N)C(=O)N[C@@H](C[C@@H](O)CN)C(=O)N1. The molecule has 1 unspecified atom stereocenters. The van der Waals surface area contributed by atoms with Gasteiger partial charge in [0, 0.05) is 38.9 Å². The highest BCUT2D eigenvalue weighted by Gasteiger charge is 2.31. The van der Waals surface area contributed by atoms with Crippen LogP contribution >= 0.6 is 0 Å². The summed E-state index contributed by atoms with van der Waals surface area (Å²) in [6.07, 6.45) is -2.63. The van der Waals surface area contributed by atoms with E-state index in [0.29, 0.717) is 22.3 Å². The van der Waals surface area contributed by atoms with Gasteiger partial charge >= 0.3 is 0 Å². The first-order valence-electron chi connectivity index (χ1n) is 12.6. The van der Waals surface area contributed by atoms with E-state index in [-0.39, 0.29) is 50.4 Å². The molecule has 0 aliphatic carbocycles. The first-order valence-corrected chi connectivity index (χ1v) is 12.6. The molecule has 13 heteroatoms. The third-order valence-electron chi connectivity index (χ3n) is 6.52. The van der Waals surface area contributed by atoms with Crippen LogP contribution in [0.2, 0.25) is 0 Å². The molecule has 4 bridgehead atoms. The first kappa shape index (κ1) is 29.8. The number of aliphatic hydroxyl groups is 2. The molecule has 3 amide bonds. The molecule has 0 saturated carbocycles. The Morgan fingerprint density at radius 1 is 0.897 bits per heavy atom. The Balaban J connectivity index is 2.07. The van der Waals surface area contributed by atoms with Gasteiger partial charge in [-0.3, -0.25) is 14.4 Å². The van der Waals surface area contributed by atoms with Gasteiger partial charge in [0.15, 0.2) is 0 Å². The quantitative estimate of drug-likeness (QED) is 0.173. The Hall–Kier alpha value is -3.75. The largest absolute Gasteiger partial charge is 0.508 e. The lowest BCUT2D eigenvalue weighted by atomic mass is 9.95. The Bertz CT molecular complexity index is 1190. The highest BCUT2D eigenvalue weighted by atomic mass is 16.3. The van der Waals surface area contributed by atoms with E-state index >= 15 is 0 Å². The van der Waals surface area contributed by atoms with Gasteiger partial charge in [0.05, 0.1) is 18.2 Å². The Kier molecular flexibility index (Phi) is 10.2. The number of amides is 3. The molecular formula is C26H36N6O7. The fourth-order valence-electron chi connectivity index (χ4n) is 4.19. The second-order valence-electron chi connectivity index (χ2n) is 9.58. The van der Waals surface area contributed by atoms with E-state index in [2.05, 4.69) is 16.0 Å². The topological polar surface area (TPSA) is 246 Å². The van der Waals surface area contributed by atoms with Crippen LogP contribution in [0.25, 0.3) is 11.1 Å². The molecule has 2 aromatic carbocycles. The summed E-state index contributed by atoms with van der Waals surface area (Å²) in [5.74, 6) is -2.38. The molecule has 5 atom stereocenters. The number of phenolic OH excluding ortho intramolecular Hbond substituents is 2. The molecular weight excluding hydrogens is 508 g/mol. The van der Waals surface area contributed by atoms with Gasteiger partial charge in [-0.1, -0.05) is 12.1 Å². The second-order valence-corrected chi connectivity index (χ2v) is 9.58. The highest BCUT2D eigenvalue weighted by Crippen LogP contribution is 2.30. The first-order chi connectivity index (χ1) is 18.5. The van der Waals surface area contributed by atoms with Crippen LogP contribution in [0.4, 0.5) is 0 Å². The normalized spacial score (nSPS) is 21.5. The summed E-state index contributed by atoms with van der Waals surface area (Å²) in [5, 5.41) is 48.4. The molecule has 1 heterocycles.